The van der Waals surface area contributed by atoms with Crippen molar-refractivity contribution < 1.29 is 42.1 Å². The van der Waals surface area contributed by atoms with Gasteiger partial charge in [-0.1, -0.05) is 49.6 Å². The van der Waals surface area contributed by atoms with E-state index < -0.39 is 64.6 Å². The van der Waals surface area contributed by atoms with Crippen LogP contribution in [0.1, 0.15) is 56.1 Å². The van der Waals surface area contributed by atoms with E-state index in [0.717, 1.165) is 17.2 Å². The highest BCUT2D eigenvalue weighted by Crippen LogP contribution is 2.55. The Labute approximate surface area is 292 Å². The summed E-state index contributed by atoms with van der Waals surface area (Å²) in [6, 6.07) is 11.6. The number of unbranched alkanes of at least 4 members (excludes halogenated alkanes) is 1. The lowest BCUT2D eigenvalue weighted by Gasteiger charge is -2.34. The number of aliphatic carboxylic acids is 1. The molecule has 0 aliphatic heterocycles. The molecule has 1 fully saturated rings. The lowest BCUT2D eigenvalue weighted by atomic mass is 9.87. The van der Waals surface area contributed by atoms with Crippen molar-refractivity contribution in [2.45, 2.75) is 75.7 Å². The first-order valence-corrected chi connectivity index (χ1v) is 20.5. The number of ether oxygens (including phenoxy) is 1. The van der Waals surface area contributed by atoms with Crippen LogP contribution in [0.2, 0.25) is 0 Å². The molecule has 2 aromatic carbocycles. The van der Waals surface area contributed by atoms with E-state index >= 15 is 0 Å². The molecule has 0 bridgehead atoms. The number of carboxylic acid groups (broad SMARTS) is 1. The number of hydrogen-bond acceptors (Lipinski definition) is 8. The second-order valence-electron chi connectivity index (χ2n) is 13.1. The lowest BCUT2D eigenvalue weighted by Crippen LogP contribution is -2.52. The molecule has 1 aliphatic rings. The summed E-state index contributed by atoms with van der Waals surface area (Å²) in [6.07, 6.45) is 4.77. The van der Waals surface area contributed by atoms with E-state index in [9.17, 15) is 37.4 Å². The van der Waals surface area contributed by atoms with Crippen LogP contribution < -0.4 is 25.8 Å². The number of carboxylic acids is 1. The Bertz CT molecular complexity index is 1790. The van der Waals surface area contributed by atoms with Gasteiger partial charge in [0.15, 0.2) is 0 Å². The number of aromatic amines is 1. The SMILES string of the molecule is COc1ccc(C[C@H](NC(=O)[C@H](CCCCN)NS(C)(=O)=O)P(=O)(O)CC2(C(=O)N[C@@H](Cc3c[nH]c4ccccc34)C(=O)O)CCCC2)cc1. The number of para-hydroxylation sites is 1. The van der Waals surface area contributed by atoms with Crippen molar-refractivity contribution in [3.05, 3.63) is 65.9 Å². The molecule has 1 unspecified atom stereocenters. The van der Waals surface area contributed by atoms with Crippen LogP contribution in [-0.2, 0) is 41.8 Å². The molecule has 50 heavy (non-hydrogen) atoms. The van der Waals surface area contributed by atoms with Crippen LogP contribution in [0.5, 0.6) is 5.75 Å². The summed E-state index contributed by atoms with van der Waals surface area (Å²) < 4.78 is 46.3. The highest BCUT2D eigenvalue weighted by Gasteiger charge is 2.49. The molecule has 1 saturated carbocycles. The highest BCUT2D eigenvalue weighted by molar-refractivity contribution is 7.88. The molecule has 4 rings (SSSR count). The molecular weight excluding hydrogens is 685 g/mol. The molecule has 8 N–H and O–H groups in total. The first-order chi connectivity index (χ1) is 23.7. The van der Waals surface area contributed by atoms with E-state index in [1.807, 2.05) is 24.3 Å². The smallest absolute Gasteiger partial charge is 0.326 e. The molecule has 0 saturated heterocycles. The van der Waals surface area contributed by atoms with Crippen molar-refractivity contribution in [2.75, 3.05) is 26.1 Å². The van der Waals surface area contributed by atoms with Crippen LogP contribution in [-0.4, -0.2) is 85.1 Å². The summed E-state index contributed by atoms with van der Waals surface area (Å²) in [5.74, 6) is -3.50. The summed E-state index contributed by atoms with van der Waals surface area (Å²) >= 11 is 0. The second-order valence-corrected chi connectivity index (χ2v) is 17.4. The first-order valence-electron chi connectivity index (χ1n) is 16.7. The van der Waals surface area contributed by atoms with Crippen molar-refractivity contribution in [3.8, 4) is 5.75 Å². The molecule has 1 aromatic heterocycles. The number of H-pyrrole nitrogens is 1. The van der Waals surface area contributed by atoms with Crippen LogP contribution in [0.4, 0.5) is 0 Å². The summed E-state index contributed by atoms with van der Waals surface area (Å²) in [5.41, 5.74) is 6.34. The third-order valence-electron chi connectivity index (χ3n) is 9.28. The molecule has 274 valence electrons. The number of carbonyl (C=O) groups is 3. The maximum atomic E-state index is 14.5. The molecule has 16 heteroatoms. The number of fused-ring (bicyclic) bond motifs is 1. The molecule has 4 atom stereocenters. The Morgan fingerprint density at radius 2 is 1.70 bits per heavy atom. The van der Waals surface area contributed by atoms with Crippen LogP contribution in [0, 0.1) is 5.41 Å². The van der Waals surface area contributed by atoms with Gasteiger partial charge in [-0.2, -0.15) is 0 Å². The van der Waals surface area contributed by atoms with Gasteiger partial charge in [-0.05, 0) is 61.6 Å². The van der Waals surface area contributed by atoms with Gasteiger partial charge in [-0.25, -0.2) is 17.9 Å². The number of benzene rings is 2. The van der Waals surface area contributed by atoms with Crippen LogP contribution in [0.3, 0.4) is 0 Å². The number of sulfonamides is 1. The third kappa shape index (κ3) is 10.4. The van der Waals surface area contributed by atoms with Gasteiger partial charge in [-0.3, -0.25) is 14.2 Å². The highest BCUT2D eigenvalue weighted by atomic mass is 32.2. The first kappa shape index (κ1) is 39.0. The average Bonchev–Trinajstić information content (AvgIpc) is 3.71. The normalized spacial score (nSPS) is 17.4. The summed E-state index contributed by atoms with van der Waals surface area (Å²) in [6.45, 7) is 0.341. The van der Waals surface area contributed by atoms with Crippen LogP contribution in [0.15, 0.2) is 54.7 Å². The van der Waals surface area contributed by atoms with Crippen molar-refractivity contribution in [1.82, 2.24) is 20.3 Å². The van der Waals surface area contributed by atoms with Gasteiger partial charge in [0.2, 0.25) is 29.2 Å². The Hall–Kier alpha value is -3.75. The van der Waals surface area contributed by atoms with Crippen molar-refractivity contribution in [2.24, 2.45) is 11.1 Å². The molecule has 0 radical (unpaired) electrons. The summed E-state index contributed by atoms with van der Waals surface area (Å²) in [7, 11) is -6.78. The van der Waals surface area contributed by atoms with Gasteiger partial charge in [0.25, 0.3) is 0 Å². The number of nitrogens with one attached hydrogen (secondary N) is 4. The van der Waals surface area contributed by atoms with Gasteiger partial charge in [-0.15, -0.1) is 0 Å². The van der Waals surface area contributed by atoms with E-state index in [1.165, 1.54) is 7.11 Å². The summed E-state index contributed by atoms with van der Waals surface area (Å²) in [4.78, 5) is 55.0. The number of nitrogens with two attached hydrogens (primary N) is 1. The zero-order valence-corrected chi connectivity index (χ0v) is 30.1. The van der Waals surface area contributed by atoms with E-state index in [1.54, 1.807) is 30.5 Å². The zero-order valence-electron chi connectivity index (χ0n) is 28.4. The number of carbonyl (C=O) groups excluding carboxylic acids is 2. The standard InChI is InChI=1S/C34H48N5O9PS/c1-48-25-14-12-23(13-15-25)19-30(38-31(40)28(11-5-8-18-35)39-50(2,46)47)49(44,45)22-34(16-6-7-17-34)33(43)37-29(32(41)42)20-24-21-36-27-10-4-3-9-26(24)27/h3-4,9-10,12-15,21,28-30,36,39H,5-8,11,16-20,22,35H2,1-2H3,(H,37,43)(H,38,40)(H,41,42)(H,44,45)/t28-,29-,30+/m0/s1. The predicted octanol–water partition coefficient (Wildman–Crippen LogP) is 2.85. The van der Waals surface area contributed by atoms with E-state index in [0.29, 0.717) is 49.1 Å². The molecular formula is C34H48N5O9PS. The Kier molecular flexibility index (Phi) is 13.3. The van der Waals surface area contributed by atoms with Gasteiger partial charge >= 0.3 is 5.97 Å². The molecule has 1 aliphatic carbocycles. The quantitative estimate of drug-likeness (QED) is 0.0704. The maximum Gasteiger partial charge on any atom is 0.326 e. The predicted molar refractivity (Wildman–Crippen MR) is 190 cm³/mol. The van der Waals surface area contributed by atoms with E-state index in [-0.39, 0.29) is 32.1 Å². The van der Waals surface area contributed by atoms with E-state index in [4.69, 9.17) is 10.5 Å². The minimum absolute atomic E-state index is 0.00696. The number of rotatable bonds is 19. The minimum atomic E-state index is -4.46. The van der Waals surface area contributed by atoms with E-state index in [2.05, 4.69) is 20.3 Å². The zero-order chi connectivity index (χ0) is 36.5. The second kappa shape index (κ2) is 17.0. The van der Waals surface area contributed by atoms with Gasteiger partial charge in [0.05, 0.1) is 18.8 Å². The van der Waals surface area contributed by atoms with Crippen molar-refractivity contribution in [1.29, 1.82) is 0 Å². The van der Waals surface area contributed by atoms with Crippen molar-refractivity contribution in [3.63, 3.8) is 0 Å². The van der Waals surface area contributed by atoms with Gasteiger partial charge in [0, 0.05) is 36.1 Å². The Morgan fingerprint density at radius 3 is 2.32 bits per heavy atom. The number of aromatic nitrogens is 1. The molecule has 14 nitrogen and oxygen atoms in total. The van der Waals surface area contributed by atoms with Crippen LogP contribution >= 0.6 is 7.37 Å². The topological polar surface area (TPSA) is 230 Å². The number of hydrogen-bond donors (Lipinski definition) is 7. The molecule has 2 amide bonds. The summed E-state index contributed by atoms with van der Waals surface area (Å²) in [5, 5.41) is 16.3. The van der Waals surface area contributed by atoms with Crippen LogP contribution in [0.25, 0.3) is 10.9 Å². The average molecular weight is 734 g/mol. The minimum Gasteiger partial charge on any atom is -0.497 e. The van der Waals surface area contributed by atoms with Crippen molar-refractivity contribution >= 4 is 46.1 Å². The monoisotopic (exact) mass is 733 g/mol. The maximum absolute atomic E-state index is 14.5. The Balaban J connectivity index is 1.61. The Morgan fingerprint density at radius 1 is 1.02 bits per heavy atom. The lowest BCUT2D eigenvalue weighted by molar-refractivity contribution is -0.143. The molecule has 0 spiro atoms. The van der Waals surface area contributed by atoms with Gasteiger partial charge in [0.1, 0.15) is 23.6 Å². The largest absolute Gasteiger partial charge is 0.497 e. The third-order valence-corrected chi connectivity index (χ3v) is 12.3. The fourth-order valence-electron chi connectivity index (χ4n) is 6.62. The number of amides is 2. The number of methoxy groups -OCH3 is 1. The fourth-order valence-corrected chi connectivity index (χ4v) is 9.74. The molecule has 3 aromatic rings. The van der Waals surface area contributed by atoms with Gasteiger partial charge < -0.3 is 36.1 Å². The fraction of sp³-hybridized carbons (Fsp3) is 0.500. The molecule has 1 heterocycles.